The van der Waals surface area contributed by atoms with E-state index in [-0.39, 0.29) is 5.41 Å². The number of aliphatic imine (C=N–C) groups is 1. The Balaban J connectivity index is 1.70. The fraction of sp³-hybridized carbons (Fsp3) is 0.882. The molecule has 0 N–H and O–H groups in total. The summed E-state index contributed by atoms with van der Waals surface area (Å²) < 4.78 is 0. The normalized spacial score (nSPS) is 52.4. The van der Waals surface area contributed by atoms with E-state index in [2.05, 4.69) is 13.8 Å². The molecule has 0 aromatic rings. The van der Waals surface area contributed by atoms with Gasteiger partial charge >= 0.3 is 0 Å². The molecule has 1 aliphatic heterocycles. The van der Waals surface area contributed by atoms with Crippen molar-refractivity contribution in [3.05, 3.63) is 0 Å². The summed E-state index contributed by atoms with van der Waals surface area (Å²) >= 11 is 0. The highest BCUT2D eigenvalue weighted by atomic mass is 16.1. The first-order chi connectivity index (χ1) is 9.06. The molecular formula is C17H25NO. The number of hydrogen-bond acceptors (Lipinski definition) is 2. The topological polar surface area (TPSA) is 29.4 Å². The highest BCUT2D eigenvalue weighted by Gasteiger charge is 2.59. The molecule has 1 heterocycles. The van der Waals surface area contributed by atoms with E-state index in [0.29, 0.717) is 17.1 Å². The number of nitrogens with zero attached hydrogens (tertiary/aromatic N) is 1. The first kappa shape index (κ1) is 12.1. The Hall–Kier alpha value is -0.660. The molecular weight excluding hydrogens is 234 g/mol. The van der Waals surface area contributed by atoms with Crippen LogP contribution < -0.4 is 0 Å². The maximum absolute atomic E-state index is 12.3. The van der Waals surface area contributed by atoms with Crippen LogP contribution in [0.15, 0.2) is 4.99 Å². The van der Waals surface area contributed by atoms with Gasteiger partial charge in [0.1, 0.15) is 5.78 Å². The van der Waals surface area contributed by atoms with Gasteiger partial charge < -0.3 is 0 Å². The maximum Gasteiger partial charge on any atom is 0.139 e. The Bertz CT molecular complexity index is 468. The lowest BCUT2D eigenvalue weighted by molar-refractivity contribution is -0.131. The smallest absolute Gasteiger partial charge is 0.139 e. The highest BCUT2D eigenvalue weighted by Crippen LogP contribution is 2.62. The molecule has 4 rings (SSSR count). The molecule has 3 saturated carbocycles. The molecule has 2 heteroatoms. The zero-order chi connectivity index (χ0) is 13.3. The van der Waals surface area contributed by atoms with Crippen molar-refractivity contribution in [3.63, 3.8) is 0 Å². The zero-order valence-electron chi connectivity index (χ0n) is 12.2. The van der Waals surface area contributed by atoms with Gasteiger partial charge in [-0.05, 0) is 56.3 Å². The van der Waals surface area contributed by atoms with Gasteiger partial charge in [0.25, 0.3) is 0 Å². The van der Waals surface area contributed by atoms with Crippen molar-refractivity contribution >= 4 is 11.5 Å². The Morgan fingerprint density at radius 3 is 2.63 bits per heavy atom. The van der Waals surface area contributed by atoms with E-state index in [0.717, 1.165) is 31.2 Å². The molecule has 5 atom stereocenters. The molecule has 0 spiro atoms. The van der Waals surface area contributed by atoms with Crippen molar-refractivity contribution in [2.75, 3.05) is 6.54 Å². The summed E-state index contributed by atoms with van der Waals surface area (Å²) in [4.78, 5) is 17.1. The van der Waals surface area contributed by atoms with Crippen LogP contribution in [-0.2, 0) is 4.79 Å². The van der Waals surface area contributed by atoms with E-state index in [9.17, 15) is 4.79 Å². The van der Waals surface area contributed by atoms with Gasteiger partial charge in [0.05, 0.1) is 0 Å². The van der Waals surface area contributed by atoms with Crippen molar-refractivity contribution in [3.8, 4) is 0 Å². The van der Waals surface area contributed by atoms with Gasteiger partial charge in [-0.15, -0.1) is 0 Å². The van der Waals surface area contributed by atoms with Crippen LogP contribution in [0.3, 0.4) is 0 Å². The number of carbonyl (C=O) groups is 1. The van der Waals surface area contributed by atoms with Crippen LogP contribution in [0.25, 0.3) is 0 Å². The van der Waals surface area contributed by atoms with Crippen LogP contribution in [0.1, 0.15) is 58.8 Å². The molecule has 4 aliphatic rings. The van der Waals surface area contributed by atoms with E-state index in [1.165, 1.54) is 37.8 Å². The number of fused-ring (bicyclic) bond motifs is 5. The second-order valence-corrected chi connectivity index (χ2v) is 7.83. The molecule has 0 radical (unpaired) electrons. The van der Waals surface area contributed by atoms with E-state index < -0.39 is 0 Å². The summed E-state index contributed by atoms with van der Waals surface area (Å²) in [5, 5.41) is 0. The lowest BCUT2D eigenvalue weighted by Crippen LogP contribution is -2.51. The fourth-order valence-electron chi connectivity index (χ4n) is 6.07. The zero-order valence-corrected chi connectivity index (χ0v) is 12.2. The first-order valence-electron chi connectivity index (χ1n) is 8.13. The van der Waals surface area contributed by atoms with Gasteiger partial charge in [0, 0.05) is 29.5 Å². The second kappa shape index (κ2) is 3.71. The predicted molar refractivity (Wildman–Crippen MR) is 76.3 cm³/mol. The number of Topliss-reactive ketones (excluding diaryl/α,β-unsaturated/α-hetero) is 1. The molecule has 0 saturated heterocycles. The quantitative estimate of drug-likeness (QED) is 0.653. The van der Waals surface area contributed by atoms with Gasteiger partial charge in [0.15, 0.2) is 0 Å². The van der Waals surface area contributed by atoms with Crippen molar-refractivity contribution in [1.82, 2.24) is 0 Å². The highest BCUT2D eigenvalue weighted by molar-refractivity contribution is 5.93. The molecule has 0 aromatic heterocycles. The van der Waals surface area contributed by atoms with Crippen LogP contribution in [-0.4, -0.2) is 18.0 Å². The summed E-state index contributed by atoms with van der Waals surface area (Å²) in [5.41, 5.74) is 1.93. The van der Waals surface area contributed by atoms with Gasteiger partial charge in [-0.1, -0.05) is 13.8 Å². The van der Waals surface area contributed by atoms with Crippen LogP contribution in [0.4, 0.5) is 0 Å². The number of ketones is 1. The van der Waals surface area contributed by atoms with E-state index in [1.54, 1.807) is 0 Å². The Morgan fingerprint density at radius 2 is 1.79 bits per heavy atom. The van der Waals surface area contributed by atoms with Gasteiger partial charge in [0.2, 0.25) is 0 Å². The average Bonchev–Trinajstić information content (AvgIpc) is 2.90. The third-order valence-electron chi connectivity index (χ3n) is 7.27. The van der Waals surface area contributed by atoms with E-state index in [4.69, 9.17) is 4.99 Å². The Morgan fingerprint density at radius 1 is 1.00 bits per heavy atom. The monoisotopic (exact) mass is 259 g/mol. The minimum atomic E-state index is 0.0325. The summed E-state index contributed by atoms with van der Waals surface area (Å²) in [5.74, 6) is 2.85. The molecule has 0 amide bonds. The van der Waals surface area contributed by atoms with Crippen molar-refractivity contribution in [1.29, 1.82) is 0 Å². The van der Waals surface area contributed by atoms with Gasteiger partial charge in [-0.25, -0.2) is 0 Å². The molecule has 2 nitrogen and oxygen atoms in total. The largest absolute Gasteiger partial charge is 0.299 e. The minimum absolute atomic E-state index is 0.0325. The summed E-state index contributed by atoms with van der Waals surface area (Å²) in [6.07, 6.45) is 8.19. The lowest BCUT2D eigenvalue weighted by Gasteiger charge is -2.54. The summed E-state index contributed by atoms with van der Waals surface area (Å²) in [6, 6.07) is 0. The lowest BCUT2D eigenvalue weighted by atomic mass is 9.49. The predicted octanol–water partition coefficient (Wildman–Crippen LogP) is 3.64. The van der Waals surface area contributed by atoms with Crippen molar-refractivity contribution < 1.29 is 4.79 Å². The van der Waals surface area contributed by atoms with Crippen LogP contribution >= 0.6 is 0 Å². The van der Waals surface area contributed by atoms with Crippen LogP contribution in [0, 0.1) is 28.6 Å². The molecule has 0 aromatic carbocycles. The second-order valence-electron chi connectivity index (χ2n) is 7.83. The summed E-state index contributed by atoms with van der Waals surface area (Å²) in [6.45, 7) is 5.79. The SMILES string of the molecule is CC12CCC3C(CCC4=NCCC43C)C1CCC2=O. The number of carbonyl (C=O) groups excluding carboxylic acids is 1. The van der Waals surface area contributed by atoms with Crippen molar-refractivity contribution in [2.24, 2.45) is 33.6 Å². The summed E-state index contributed by atoms with van der Waals surface area (Å²) in [7, 11) is 0. The Kier molecular flexibility index (Phi) is 2.36. The average molecular weight is 259 g/mol. The Labute approximate surface area is 116 Å². The standard InChI is InChI=1S/C17H25NO/c1-16-9-10-18-14(16)5-3-11-12-4-6-15(19)17(12,2)8-7-13(11)16/h11-13H,3-10H2,1-2H3. The van der Waals surface area contributed by atoms with E-state index >= 15 is 0 Å². The fourth-order valence-corrected chi connectivity index (χ4v) is 6.07. The van der Waals surface area contributed by atoms with Crippen LogP contribution in [0.2, 0.25) is 0 Å². The first-order valence-corrected chi connectivity index (χ1v) is 8.13. The molecule has 19 heavy (non-hydrogen) atoms. The third kappa shape index (κ3) is 1.38. The molecule has 3 fully saturated rings. The third-order valence-corrected chi connectivity index (χ3v) is 7.27. The minimum Gasteiger partial charge on any atom is -0.299 e. The van der Waals surface area contributed by atoms with Gasteiger partial charge in [-0.3, -0.25) is 9.79 Å². The molecule has 104 valence electrons. The molecule has 5 unspecified atom stereocenters. The van der Waals surface area contributed by atoms with E-state index in [1.807, 2.05) is 0 Å². The molecule has 3 aliphatic carbocycles. The van der Waals surface area contributed by atoms with Gasteiger partial charge in [-0.2, -0.15) is 0 Å². The number of hydrogen-bond donors (Lipinski definition) is 0. The van der Waals surface area contributed by atoms with Crippen LogP contribution in [0.5, 0.6) is 0 Å². The van der Waals surface area contributed by atoms with Crippen molar-refractivity contribution in [2.45, 2.75) is 58.8 Å². The maximum atomic E-state index is 12.3. The molecule has 0 bridgehead atoms. The number of rotatable bonds is 0.